The van der Waals surface area contributed by atoms with Gasteiger partial charge in [0, 0.05) is 22.1 Å². The zero-order valence-corrected chi connectivity index (χ0v) is 11.9. The second-order valence-electron chi connectivity index (χ2n) is 4.63. The molecule has 0 saturated heterocycles. The summed E-state index contributed by atoms with van der Waals surface area (Å²) in [5, 5.41) is 5.10. The highest BCUT2D eigenvalue weighted by Crippen LogP contribution is 2.32. The zero-order valence-electron chi connectivity index (χ0n) is 10.3. The van der Waals surface area contributed by atoms with E-state index >= 15 is 0 Å². The molecule has 1 atom stereocenters. The van der Waals surface area contributed by atoms with E-state index in [-0.39, 0.29) is 0 Å². The fourth-order valence-electron chi connectivity index (χ4n) is 2.33. The number of halogens is 1. The summed E-state index contributed by atoms with van der Waals surface area (Å²) in [5.74, 6) is 1.16. The number of rotatable bonds is 5. The smallest absolute Gasteiger partial charge is 0.0409 e. The van der Waals surface area contributed by atoms with Gasteiger partial charge in [-0.1, -0.05) is 36.6 Å². The van der Waals surface area contributed by atoms with Gasteiger partial charge in [0.2, 0.25) is 0 Å². The molecule has 0 aliphatic heterocycles. The molecular weight excluding hydrogens is 250 g/mol. The Morgan fingerprint density at radius 2 is 1.94 bits per heavy atom. The lowest BCUT2D eigenvalue weighted by atomic mass is 10.1. The van der Waals surface area contributed by atoms with Crippen molar-refractivity contribution in [3.8, 4) is 0 Å². The van der Waals surface area contributed by atoms with Crippen molar-refractivity contribution in [2.75, 3.05) is 12.8 Å². The molecule has 1 aliphatic rings. The van der Waals surface area contributed by atoms with Crippen LogP contribution in [-0.4, -0.2) is 18.1 Å². The maximum absolute atomic E-state index is 5.91. The van der Waals surface area contributed by atoms with E-state index in [4.69, 9.17) is 11.6 Å². The van der Waals surface area contributed by atoms with Crippen LogP contribution in [-0.2, 0) is 0 Å². The molecule has 1 fully saturated rings. The molecule has 1 unspecified atom stereocenters. The van der Waals surface area contributed by atoms with E-state index in [9.17, 15) is 0 Å². The van der Waals surface area contributed by atoms with Crippen molar-refractivity contribution in [2.45, 2.75) is 37.0 Å². The number of nitrogens with one attached hydrogen (secondary N) is 1. The molecule has 1 nitrogen and oxygen atoms in total. The summed E-state index contributed by atoms with van der Waals surface area (Å²) in [4.78, 5) is 0. The van der Waals surface area contributed by atoms with Crippen LogP contribution in [0.5, 0.6) is 0 Å². The van der Waals surface area contributed by atoms with Crippen molar-refractivity contribution in [2.24, 2.45) is 0 Å². The third kappa shape index (κ3) is 3.90. The standard InChI is InChI=1S/C14H20ClNS/c1-16-14(10-17-13-4-2-3-5-13)11-6-8-12(15)9-7-11/h6-9,13-14,16H,2-5,10H2,1H3. The van der Waals surface area contributed by atoms with Crippen molar-refractivity contribution >= 4 is 23.4 Å². The van der Waals surface area contributed by atoms with Gasteiger partial charge in [0.25, 0.3) is 0 Å². The van der Waals surface area contributed by atoms with E-state index in [2.05, 4.69) is 29.2 Å². The van der Waals surface area contributed by atoms with Crippen molar-refractivity contribution in [1.29, 1.82) is 0 Å². The first-order chi connectivity index (χ1) is 8.29. The Morgan fingerprint density at radius 1 is 1.29 bits per heavy atom. The summed E-state index contributed by atoms with van der Waals surface area (Å²) >= 11 is 8.03. The number of hydrogen-bond acceptors (Lipinski definition) is 2. The molecule has 0 aromatic heterocycles. The van der Waals surface area contributed by atoms with Gasteiger partial charge in [-0.3, -0.25) is 0 Å². The first-order valence-corrected chi connectivity index (χ1v) is 7.76. The maximum atomic E-state index is 5.91. The van der Waals surface area contributed by atoms with E-state index in [1.807, 2.05) is 19.2 Å². The van der Waals surface area contributed by atoms with Crippen LogP contribution in [0, 0.1) is 0 Å². The van der Waals surface area contributed by atoms with Gasteiger partial charge in [0.05, 0.1) is 0 Å². The van der Waals surface area contributed by atoms with Crippen LogP contribution < -0.4 is 5.32 Å². The molecule has 0 amide bonds. The Hall–Kier alpha value is -0.180. The van der Waals surface area contributed by atoms with Crippen molar-refractivity contribution < 1.29 is 0 Å². The summed E-state index contributed by atoms with van der Waals surface area (Å²) in [6, 6.07) is 8.64. The van der Waals surface area contributed by atoms with E-state index < -0.39 is 0 Å². The number of benzene rings is 1. The lowest BCUT2D eigenvalue weighted by molar-refractivity contribution is 0.660. The minimum absolute atomic E-state index is 0.442. The summed E-state index contributed by atoms with van der Waals surface area (Å²) in [6.07, 6.45) is 5.65. The Labute approximate surface area is 113 Å². The molecule has 1 aliphatic carbocycles. The second kappa shape index (κ2) is 6.67. The minimum atomic E-state index is 0.442. The fourth-order valence-corrected chi connectivity index (χ4v) is 3.95. The molecule has 17 heavy (non-hydrogen) atoms. The average Bonchev–Trinajstić information content (AvgIpc) is 2.85. The molecule has 0 radical (unpaired) electrons. The molecular formula is C14H20ClNS. The predicted molar refractivity (Wildman–Crippen MR) is 78.0 cm³/mol. The summed E-state index contributed by atoms with van der Waals surface area (Å²) in [6.45, 7) is 0. The molecule has 1 N–H and O–H groups in total. The van der Waals surface area contributed by atoms with Crippen molar-refractivity contribution in [3.63, 3.8) is 0 Å². The summed E-state index contributed by atoms with van der Waals surface area (Å²) in [5.41, 5.74) is 1.34. The van der Waals surface area contributed by atoms with E-state index in [0.29, 0.717) is 6.04 Å². The largest absolute Gasteiger partial charge is 0.312 e. The average molecular weight is 270 g/mol. The zero-order chi connectivity index (χ0) is 12.1. The van der Waals surface area contributed by atoms with Crippen LogP contribution in [0.4, 0.5) is 0 Å². The second-order valence-corrected chi connectivity index (χ2v) is 6.40. The highest BCUT2D eigenvalue weighted by molar-refractivity contribution is 7.99. The molecule has 1 saturated carbocycles. The molecule has 0 bridgehead atoms. The van der Waals surface area contributed by atoms with E-state index in [1.54, 1.807) is 0 Å². The van der Waals surface area contributed by atoms with Crippen molar-refractivity contribution in [3.05, 3.63) is 34.9 Å². The lowest BCUT2D eigenvalue weighted by Gasteiger charge is -2.18. The number of hydrogen-bond donors (Lipinski definition) is 1. The predicted octanol–water partition coefficient (Wildman–Crippen LogP) is 4.28. The van der Waals surface area contributed by atoms with Crippen LogP contribution in [0.3, 0.4) is 0 Å². The Morgan fingerprint density at radius 3 is 2.53 bits per heavy atom. The van der Waals surface area contributed by atoms with Gasteiger partial charge < -0.3 is 5.32 Å². The Balaban J connectivity index is 1.89. The van der Waals surface area contributed by atoms with Crippen molar-refractivity contribution in [1.82, 2.24) is 5.32 Å². The molecule has 0 spiro atoms. The Bertz CT molecular complexity index is 333. The molecule has 1 aromatic carbocycles. The van der Waals surface area contributed by atoms with Gasteiger partial charge in [-0.15, -0.1) is 0 Å². The van der Waals surface area contributed by atoms with Gasteiger partial charge in [0.15, 0.2) is 0 Å². The summed E-state index contributed by atoms with van der Waals surface area (Å²) in [7, 11) is 2.04. The quantitative estimate of drug-likeness (QED) is 0.856. The fraction of sp³-hybridized carbons (Fsp3) is 0.571. The molecule has 94 valence electrons. The molecule has 3 heteroatoms. The highest BCUT2D eigenvalue weighted by Gasteiger charge is 2.17. The van der Waals surface area contributed by atoms with Crippen LogP contribution in [0.1, 0.15) is 37.3 Å². The van der Waals surface area contributed by atoms with Gasteiger partial charge in [0.1, 0.15) is 0 Å². The third-order valence-electron chi connectivity index (χ3n) is 3.42. The lowest BCUT2D eigenvalue weighted by Crippen LogP contribution is -2.19. The third-order valence-corrected chi connectivity index (χ3v) is 5.14. The molecule has 1 aromatic rings. The van der Waals surface area contributed by atoms with Gasteiger partial charge in [-0.05, 0) is 37.6 Å². The van der Waals surface area contributed by atoms with E-state index in [0.717, 1.165) is 16.0 Å². The SMILES string of the molecule is CNC(CSC1CCCC1)c1ccc(Cl)cc1. The molecule has 0 heterocycles. The normalized spacial score (nSPS) is 18.5. The van der Waals surface area contributed by atoms with Crippen LogP contribution in [0.2, 0.25) is 5.02 Å². The minimum Gasteiger partial charge on any atom is -0.312 e. The first-order valence-electron chi connectivity index (χ1n) is 6.34. The van der Waals surface area contributed by atoms with E-state index in [1.165, 1.54) is 31.2 Å². The van der Waals surface area contributed by atoms with Gasteiger partial charge >= 0.3 is 0 Å². The monoisotopic (exact) mass is 269 g/mol. The first kappa shape index (κ1) is 13.3. The maximum Gasteiger partial charge on any atom is 0.0409 e. The van der Waals surface area contributed by atoms with Crippen LogP contribution >= 0.6 is 23.4 Å². The van der Waals surface area contributed by atoms with Crippen LogP contribution in [0.15, 0.2) is 24.3 Å². The number of thioether (sulfide) groups is 1. The van der Waals surface area contributed by atoms with Crippen LogP contribution in [0.25, 0.3) is 0 Å². The van der Waals surface area contributed by atoms with Gasteiger partial charge in [-0.25, -0.2) is 0 Å². The Kier molecular flexibility index (Phi) is 5.20. The topological polar surface area (TPSA) is 12.0 Å². The summed E-state index contributed by atoms with van der Waals surface area (Å²) < 4.78 is 0. The van der Waals surface area contributed by atoms with Gasteiger partial charge in [-0.2, -0.15) is 11.8 Å². The highest BCUT2D eigenvalue weighted by atomic mass is 35.5. The molecule has 2 rings (SSSR count).